The summed E-state index contributed by atoms with van der Waals surface area (Å²) < 4.78 is 0. The average Bonchev–Trinajstić information content (AvgIpc) is 2.69. The first-order chi connectivity index (χ1) is 12.6. The van der Waals surface area contributed by atoms with E-state index in [0.29, 0.717) is 5.71 Å². The van der Waals surface area contributed by atoms with Gasteiger partial charge in [0.15, 0.2) is 0 Å². The summed E-state index contributed by atoms with van der Waals surface area (Å²) in [6, 6.07) is 23.9. The predicted molar refractivity (Wildman–Crippen MR) is 97.0 cm³/mol. The van der Waals surface area contributed by atoms with Gasteiger partial charge in [0.05, 0.1) is 10.5 Å². The maximum Gasteiger partial charge on any atom is 0.365 e. The van der Waals surface area contributed by atoms with Crippen LogP contribution in [-0.2, 0) is 4.84 Å². The van der Waals surface area contributed by atoms with Crippen molar-refractivity contribution in [3.63, 3.8) is 0 Å². The number of benzene rings is 3. The summed E-state index contributed by atoms with van der Waals surface area (Å²) >= 11 is 0. The van der Waals surface area contributed by atoms with Crippen LogP contribution >= 0.6 is 0 Å². The summed E-state index contributed by atoms with van der Waals surface area (Å²) in [5.41, 5.74) is 2.20. The van der Waals surface area contributed by atoms with E-state index in [9.17, 15) is 14.9 Å². The van der Waals surface area contributed by atoms with Gasteiger partial charge in [-0.3, -0.25) is 10.1 Å². The number of nitrogens with zero attached hydrogens (tertiary/aromatic N) is 2. The second-order valence-electron chi connectivity index (χ2n) is 5.35. The van der Waals surface area contributed by atoms with Crippen LogP contribution in [0.3, 0.4) is 0 Å². The van der Waals surface area contributed by atoms with Gasteiger partial charge in [-0.15, -0.1) is 0 Å². The zero-order valence-corrected chi connectivity index (χ0v) is 13.6. The quantitative estimate of drug-likeness (QED) is 0.300. The number of hydrogen-bond acceptors (Lipinski definition) is 5. The van der Waals surface area contributed by atoms with E-state index in [2.05, 4.69) is 5.16 Å². The van der Waals surface area contributed by atoms with Crippen molar-refractivity contribution in [2.24, 2.45) is 5.16 Å². The van der Waals surface area contributed by atoms with Crippen LogP contribution in [0.25, 0.3) is 0 Å². The van der Waals surface area contributed by atoms with Crippen molar-refractivity contribution >= 4 is 17.4 Å². The molecule has 3 aromatic rings. The molecule has 0 aliphatic rings. The third-order valence-corrected chi connectivity index (χ3v) is 3.63. The average molecular weight is 346 g/mol. The molecule has 128 valence electrons. The zero-order valence-electron chi connectivity index (χ0n) is 13.6. The first-order valence-corrected chi connectivity index (χ1v) is 7.80. The summed E-state index contributed by atoms with van der Waals surface area (Å²) in [7, 11) is 0. The zero-order chi connectivity index (χ0) is 18.4. The molecule has 0 saturated heterocycles. The van der Waals surface area contributed by atoms with Gasteiger partial charge in [-0.1, -0.05) is 65.8 Å². The van der Waals surface area contributed by atoms with E-state index in [-0.39, 0.29) is 11.3 Å². The number of oxime groups is 1. The Bertz CT molecular complexity index is 895. The highest BCUT2D eigenvalue weighted by Crippen LogP contribution is 2.14. The summed E-state index contributed by atoms with van der Waals surface area (Å²) in [6.45, 7) is 0. The normalized spacial score (nSPS) is 10.0. The first-order valence-electron chi connectivity index (χ1n) is 7.80. The summed E-state index contributed by atoms with van der Waals surface area (Å²) in [5, 5.41) is 14.7. The molecule has 0 spiro atoms. The predicted octanol–water partition coefficient (Wildman–Crippen LogP) is 4.20. The topological polar surface area (TPSA) is 81.8 Å². The van der Waals surface area contributed by atoms with E-state index in [4.69, 9.17) is 4.84 Å². The highest BCUT2D eigenvalue weighted by Gasteiger charge is 2.13. The fraction of sp³-hybridized carbons (Fsp3) is 0. The minimum Gasteiger partial charge on any atom is -0.312 e. The van der Waals surface area contributed by atoms with E-state index >= 15 is 0 Å². The van der Waals surface area contributed by atoms with Crippen molar-refractivity contribution in [2.75, 3.05) is 0 Å². The number of nitro groups is 1. The molecule has 0 atom stereocenters. The van der Waals surface area contributed by atoms with Crippen molar-refractivity contribution in [3.05, 3.63) is 112 Å². The van der Waals surface area contributed by atoms with Gasteiger partial charge in [0, 0.05) is 23.3 Å². The van der Waals surface area contributed by atoms with Crippen LogP contribution < -0.4 is 0 Å². The molecule has 26 heavy (non-hydrogen) atoms. The minimum atomic E-state index is -0.690. The minimum absolute atomic E-state index is 0.0979. The van der Waals surface area contributed by atoms with Gasteiger partial charge in [-0.25, -0.2) is 4.79 Å². The van der Waals surface area contributed by atoms with Crippen molar-refractivity contribution in [1.82, 2.24) is 0 Å². The lowest BCUT2D eigenvalue weighted by atomic mass is 10.0. The molecular formula is C20H14N2O4. The fourth-order valence-electron chi connectivity index (χ4n) is 2.32. The van der Waals surface area contributed by atoms with E-state index in [1.165, 1.54) is 24.3 Å². The Morgan fingerprint density at radius 3 is 1.73 bits per heavy atom. The third-order valence-electron chi connectivity index (χ3n) is 3.63. The van der Waals surface area contributed by atoms with Gasteiger partial charge in [0.2, 0.25) is 0 Å². The first kappa shape index (κ1) is 17.0. The molecule has 0 aliphatic carbocycles. The lowest BCUT2D eigenvalue weighted by molar-refractivity contribution is -0.384. The van der Waals surface area contributed by atoms with Crippen molar-refractivity contribution < 1.29 is 14.6 Å². The van der Waals surface area contributed by atoms with Gasteiger partial charge >= 0.3 is 5.97 Å². The number of rotatable bonds is 5. The fourth-order valence-corrected chi connectivity index (χ4v) is 2.32. The smallest absolute Gasteiger partial charge is 0.312 e. The molecular weight excluding hydrogens is 332 g/mol. The van der Waals surface area contributed by atoms with Crippen LogP contribution in [0.5, 0.6) is 0 Å². The number of hydrogen-bond donors (Lipinski definition) is 0. The Hall–Kier alpha value is -3.80. The van der Waals surface area contributed by atoms with E-state index in [0.717, 1.165) is 11.1 Å². The molecule has 3 aromatic carbocycles. The molecule has 0 heterocycles. The van der Waals surface area contributed by atoms with Crippen molar-refractivity contribution in [2.45, 2.75) is 0 Å². The molecule has 3 rings (SSSR count). The Morgan fingerprint density at radius 1 is 0.769 bits per heavy atom. The van der Waals surface area contributed by atoms with Crippen LogP contribution in [0.15, 0.2) is 90.1 Å². The van der Waals surface area contributed by atoms with Crippen LogP contribution in [0.1, 0.15) is 21.5 Å². The molecule has 6 nitrogen and oxygen atoms in total. The molecule has 0 radical (unpaired) electrons. The van der Waals surface area contributed by atoms with Crippen molar-refractivity contribution in [1.29, 1.82) is 0 Å². The van der Waals surface area contributed by atoms with Gasteiger partial charge in [-0.2, -0.15) is 0 Å². The van der Waals surface area contributed by atoms with Crippen LogP contribution in [0.4, 0.5) is 5.69 Å². The van der Waals surface area contributed by atoms with Crippen LogP contribution in [-0.4, -0.2) is 16.6 Å². The van der Waals surface area contributed by atoms with E-state index in [1.807, 2.05) is 60.7 Å². The second kappa shape index (κ2) is 7.85. The molecule has 0 fully saturated rings. The standard InChI is InChI=1S/C20H14N2O4/c23-20(17-11-13-18(14-12-17)22(24)25)26-21-19(15-7-3-1-4-8-15)16-9-5-2-6-10-16/h1-14H. The summed E-state index contributed by atoms with van der Waals surface area (Å²) in [5.74, 6) is -0.690. The molecule has 0 unspecified atom stereocenters. The number of non-ortho nitro benzene ring substituents is 1. The monoisotopic (exact) mass is 346 g/mol. The molecule has 0 bridgehead atoms. The Balaban J connectivity index is 1.86. The number of nitro benzene ring substituents is 1. The Kier molecular flexibility index (Phi) is 5.14. The number of carbonyl (C=O) groups excluding carboxylic acids is 1. The highest BCUT2D eigenvalue weighted by atomic mass is 16.7. The highest BCUT2D eigenvalue weighted by molar-refractivity contribution is 6.12. The van der Waals surface area contributed by atoms with Crippen LogP contribution in [0.2, 0.25) is 0 Å². The third kappa shape index (κ3) is 3.99. The van der Waals surface area contributed by atoms with E-state index < -0.39 is 10.9 Å². The molecule has 0 saturated carbocycles. The maximum absolute atomic E-state index is 12.2. The van der Waals surface area contributed by atoms with Crippen LogP contribution in [0, 0.1) is 10.1 Å². The second-order valence-corrected chi connectivity index (χ2v) is 5.35. The van der Waals surface area contributed by atoms with Gasteiger partial charge in [0.1, 0.15) is 5.71 Å². The Labute approximate surface area is 149 Å². The lowest BCUT2D eigenvalue weighted by Crippen LogP contribution is -2.08. The summed E-state index contributed by atoms with van der Waals surface area (Å²) in [6.07, 6.45) is 0. The summed E-state index contributed by atoms with van der Waals surface area (Å²) in [4.78, 5) is 27.4. The molecule has 0 aromatic heterocycles. The lowest BCUT2D eigenvalue weighted by Gasteiger charge is -2.06. The van der Waals surface area contributed by atoms with Gasteiger partial charge in [-0.05, 0) is 12.1 Å². The largest absolute Gasteiger partial charge is 0.365 e. The molecule has 0 N–H and O–H groups in total. The maximum atomic E-state index is 12.2. The van der Waals surface area contributed by atoms with E-state index in [1.54, 1.807) is 0 Å². The molecule has 6 heteroatoms. The Morgan fingerprint density at radius 2 is 1.27 bits per heavy atom. The number of carbonyl (C=O) groups is 1. The van der Waals surface area contributed by atoms with Gasteiger partial charge in [0.25, 0.3) is 5.69 Å². The SMILES string of the molecule is O=C(ON=C(c1ccccc1)c1ccccc1)c1ccc([N+](=O)[O-])cc1. The molecule has 0 amide bonds. The van der Waals surface area contributed by atoms with Crippen molar-refractivity contribution in [3.8, 4) is 0 Å². The molecule has 0 aliphatic heterocycles. The van der Waals surface area contributed by atoms with Gasteiger partial charge < -0.3 is 4.84 Å².